The Bertz CT molecular complexity index is 1470. The van der Waals surface area contributed by atoms with E-state index < -0.39 is 28.9 Å². The second-order valence-electron chi connectivity index (χ2n) is 11.5. The molecule has 236 valence electrons. The second kappa shape index (κ2) is 13.1. The van der Waals surface area contributed by atoms with Crippen LogP contribution < -0.4 is 14.5 Å². The van der Waals surface area contributed by atoms with Gasteiger partial charge in [0, 0.05) is 5.69 Å². The number of piperidine rings is 1. The Balaban J connectivity index is 1.47. The van der Waals surface area contributed by atoms with Crippen molar-refractivity contribution >= 4 is 40.6 Å². The Labute approximate surface area is 260 Å². The molecule has 0 bridgehead atoms. The van der Waals surface area contributed by atoms with E-state index in [0.717, 1.165) is 55.1 Å². The number of esters is 1. The number of aryl methyl sites for hydroxylation is 1. The fraction of sp³-hybridized carbons (Fsp3) is 0.516. The minimum Gasteiger partial charge on any atom is -0.493 e. The van der Waals surface area contributed by atoms with Gasteiger partial charge in [-0.3, -0.25) is 19.4 Å². The lowest BCUT2D eigenvalue weighted by Gasteiger charge is -2.34. The first-order chi connectivity index (χ1) is 20.7. The van der Waals surface area contributed by atoms with Gasteiger partial charge in [-0.15, -0.1) is 0 Å². The molecule has 1 atom stereocenters. The summed E-state index contributed by atoms with van der Waals surface area (Å²) >= 11 is 5.65. The van der Waals surface area contributed by atoms with Gasteiger partial charge in [0.15, 0.2) is 10.8 Å². The van der Waals surface area contributed by atoms with E-state index in [1.165, 1.54) is 13.2 Å². The number of halogens is 3. The highest BCUT2D eigenvalue weighted by molar-refractivity contribution is 7.81. The molecule has 9 nitrogen and oxygen atoms in total. The number of benzene rings is 1. The Hall–Kier alpha value is -3.76. The zero-order valence-corrected chi connectivity index (χ0v) is 26.2. The molecule has 0 aliphatic carbocycles. The number of alkyl halides is 3. The number of nitrogens with zero attached hydrogens (tertiary/aromatic N) is 5. The van der Waals surface area contributed by atoms with Gasteiger partial charge in [-0.25, -0.2) is 4.98 Å². The highest BCUT2D eigenvalue weighted by atomic mass is 32.1. The summed E-state index contributed by atoms with van der Waals surface area (Å²) in [5.41, 5.74) is -1.89. The van der Waals surface area contributed by atoms with Crippen LogP contribution >= 0.6 is 12.2 Å². The monoisotopic (exact) mass is 631 g/mol. The summed E-state index contributed by atoms with van der Waals surface area (Å²) in [6, 6.07) is 7.41. The number of aromatic nitrogens is 1. The number of thiocarbonyl (C=S) groups is 1. The topological polar surface area (TPSA) is 99.0 Å². The van der Waals surface area contributed by atoms with E-state index in [1.54, 1.807) is 24.8 Å². The van der Waals surface area contributed by atoms with Crippen molar-refractivity contribution < 1.29 is 32.2 Å². The molecule has 2 aliphatic heterocycles. The molecule has 0 unspecified atom stereocenters. The van der Waals surface area contributed by atoms with Crippen LogP contribution in [0.1, 0.15) is 63.8 Å². The van der Waals surface area contributed by atoms with Crippen LogP contribution in [-0.2, 0) is 26.9 Å². The van der Waals surface area contributed by atoms with Crippen molar-refractivity contribution in [2.24, 2.45) is 5.92 Å². The normalized spacial score (nSPS) is 18.3. The van der Waals surface area contributed by atoms with Crippen LogP contribution in [-0.4, -0.2) is 65.3 Å². The summed E-state index contributed by atoms with van der Waals surface area (Å²) in [7, 11) is 1.40. The molecule has 1 aromatic carbocycles. The quantitative estimate of drug-likeness (QED) is 0.263. The summed E-state index contributed by atoms with van der Waals surface area (Å²) in [4.78, 5) is 33.8. The average Bonchev–Trinajstić information content (AvgIpc) is 3.18. The summed E-state index contributed by atoms with van der Waals surface area (Å²) < 4.78 is 51.9. The van der Waals surface area contributed by atoms with Gasteiger partial charge in [0.05, 0.1) is 31.2 Å². The van der Waals surface area contributed by atoms with Crippen molar-refractivity contribution in [3.8, 4) is 11.8 Å². The third-order valence-electron chi connectivity index (χ3n) is 8.42. The Morgan fingerprint density at radius 3 is 2.50 bits per heavy atom. The molecule has 4 rings (SSSR count). The van der Waals surface area contributed by atoms with Crippen LogP contribution in [0.25, 0.3) is 0 Å². The zero-order chi connectivity index (χ0) is 32.4. The predicted molar refractivity (Wildman–Crippen MR) is 162 cm³/mol. The minimum atomic E-state index is -4.83. The van der Waals surface area contributed by atoms with Crippen molar-refractivity contribution in [1.29, 1.82) is 5.26 Å². The Morgan fingerprint density at radius 1 is 1.23 bits per heavy atom. The molecule has 3 heterocycles. The highest BCUT2D eigenvalue weighted by Crippen LogP contribution is 2.40. The van der Waals surface area contributed by atoms with Gasteiger partial charge in [-0.05, 0) is 108 Å². The summed E-state index contributed by atoms with van der Waals surface area (Å²) in [6.07, 6.45) is -0.336. The molecule has 0 N–H and O–H groups in total. The molecule has 44 heavy (non-hydrogen) atoms. The number of amides is 1. The largest absolute Gasteiger partial charge is 0.493 e. The predicted octanol–water partition coefficient (Wildman–Crippen LogP) is 5.49. The number of ether oxygens (including phenoxy) is 2. The van der Waals surface area contributed by atoms with Crippen molar-refractivity contribution in [1.82, 2.24) is 9.88 Å². The van der Waals surface area contributed by atoms with Crippen LogP contribution in [0, 0.1) is 17.2 Å². The van der Waals surface area contributed by atoms with Crippen LogP contribution in [0.4, 0.5) is 24.5 Å². The van der Waals surface area contributed by atoms with Gasteiger partial charge >= 0.3 is 12.1 Å². The SMILES string of the molecule is CCc1cc(N2C(=S)N(c3cnc(C#N)c(C(F)(F)F)c3)C(=O)C2(C)C)ccc1OCCC1CCN([C@@H](C)C(=O)OC)CC1. The van der Waals surface area contributed by atoms with Gasteiger partial charge in [0.25, 0.3) is 5.91 Å². The number of anilines is 2. The molecule has 2 aromatic rings. The lowest BCUT2D eigenvalue weighted by atomic mass is 9.93. The number of carbonyl (C=O) groups is 2. The molecule has 0 radical (unpaired) electrons. The van der Waals surface area contributed by atoms with Crippen LogP contribution in [0.15, 0.2) is 30.5 Å². The average molecular weight is 632 g/mol. The van der Waals surface area contributed by atoms with Crippen LogP contribution in [0.2, 0.25) is 0 Å². The van der Waals surface area contributed by atoms with Crippen molar-refractivity contribution in [3.63, 3.8) is 0 Å². The van der Waals surface area contributed by atoms with Gasteiger partial charge in [0.2, 0.25) is 0 Å². The number of likely N-dealkylation sites (tertiary alicyclic amines) is 1. The third-order valence-corrected chi connectivity index (χ3v) is 8.78. The lowest BCUT2D eigenvalue weighted by molar-refractivity contribution is -0.147. The lowest BCUT2D eigenvalue weighted by Crippen LogP contribution is -2.44. The summed E-state index contributed by atoms with van der Waals surface area (Å²) in [5.74, 6) is 0.451. The van der Waals surface area contributed by atoms with Gasteiger partial charge in [-0.1, -0.05) is 6.92 Å². The molecule has 2 fully saturated rings. The van der Waals surface area contributed by atoms with Gasteiger partial charge < -0.3 is 14.4 Å². The first-order valence-electron chi connectivity index (χ1n) is 14.5. The number of rotatable bonds is 9. The van der Waals surface area contributed by atoms with Crippen LogP contribution in [0.3, 0.4) is 0 Å². The maximum Gasteiger partial charge on any atom is 0.419 e. The van der Waals surface area contributed by atoms with E-state index in [9.17, 15) is 22.8 Å². The van der Waals surface area contributed by atoms with Crippen molar-refractivity contribution in [3.05, 3.63) is 47.3 Å². The molecular formula is C31H36F3N5O4S. The molecule has 1 amide bonds. The van der Waals surface area contributed by atoms with Gasteiger partial charge in [-0.2, -0.15) is 18.4 Å². The minimum absolute atomic E-state index is 0.00298. The van der Waals surface area contributed by atoms with Crippen molar-refractivity contribution in [2.45, 2.75) is 71.1 Å². The first kappa shape index (κ1) is 33.1. The Kier molecular flexibility index (Phi) is 9.85. The van der Waals surface area contributed by atoms with Gasteiger partial charge in [0.1, 0.15) is 23.4 Å². The number of hydrogen-bond donors (Lipinski definition) is 0. The van der Waals surface area contributed by atoms with E-state index >= 15 is 0 Å². The Morgan fingerprint density at radius 2 is 1.91 bits per heavy atom. The number of carbonyl (C=O) groups excluding carboxylic acids is 2. The van der Waals surface area contributed by atoms with E-state index in [1.807, 2.05) is 26.0 Å². The molecular weight excluding hydrogens is 595 g/mol. The standard InChI is InChI=1S/C31H36F3N5O4S/c1-6-21-15-22(7-8-26(21)43-14-11-20-9-12-37(13-10-20)19(2)27(40)42-5)39-29(44)38(28(41)30(39,3)4)23-16-24(31(32,33)34)25(17-35)36-18-23/h7-8,15-16,18-20H,6,9-14H2,1-5H3/t19-/m0/s1. The van der Waals surface area contributed by atoms with Crippen molar-refractivity contribution in [2.75, 3.05) is 36.6 Å². The third kappa shape index (κ3) is 6.51. The molecule has 13 heteroatoms. The molecule has 2 saturated heterocycles. The van der Waals surface area contributed by atoms with E-state index in [-0.39, 0.29) is 22.8 Å². The number of nitriles is 1. The summed E-state index contributed by atoms with van der Waals surface area (Å²) in [5, 5.41) is 9.11. The fourth-order valence-electron chi connectivity index (χ4n) is 5.74. The number of pyridine rings is 1. The fourth-order valence-corrected chi connectivity index (χ4v) is 6.27. The first-order valence-corrected chi connectivity index (χ1v) is 14.9. The molecule has 2 aliphatic rings. The van der Waals surface area contributed by atoms with E-state index in [4.69, 9.17) is 27.0 Å². The maximum absolute atomic E-state index is 13.6. The molecule has 0 spiro atoms. The van der Waals surface area contributed by atoms with E-state index in [2.05, 4.69) is 9.88 Å². The van der Waals surface area contributed by atoms with E-state index in [0.29, 0.717) is 30.4 Å². The van der Waals surface area contributed by atoms with Crippen LogP contribution in [0.5, 0.6) is 5.75 Å². The number of hydrogen-bond acceptors (Lipinski definition) is 8. The summed E-state index contributed by atoms with van der Waals surface area (Å²) in [6.45, 7) is 9.32. The molecule has 1 aromatic heterocycles. The highest BCUT2D eigenvalue weighted by Gasteiger charge is 2.51. The second-order valence-corrected chi connectivity index (χ2v) is 11.8. The zero-order valence-electron chi connectivity index (χ0n) is 25.4. The maximum atomic E-state index is 13.6. The number of methoxy groups -OCH3 is 1. The smallest absolute Gasteiger partial charge is 0.419 e. The molecule has 0 saturated carbocycles.